The number of aryl methyl sites for hydroxylation is 1. The van der Waals surface area contributed by atoms with Crippen molar-refractivity contribution in [2.75, 3.05) is 0 Å². The molecule has 1 aromatic heterocycles. The minimum absolute atomic E-state index is 0.260. The summed E-state index contributed by atoms with van der Waals surface area (Å²) in [7, 11) is 0. The lowest BCUT2D eigenvalue weighted by molar-refractivity contribution is -0.141. The maximum atomic E-state index is 11.7. The Kier molecular flexibility index (Phi) is 6.59. The van der Waals surface area contributed by atoms with Crippen LogP contribution in [0.2, 0.25) is 4.34 Å². The molecule has 0 bridgehead atoms. The lowest BCUT2D eigenvalue weighted by Gasteiger charge is -2.12. The number of thiophene rings is 1. The molecule has 1 atom stereocenters. The SMILES string of the molecule is C/C=C/CC(NC(=O)CCc1ccc(Cl)s1)C(=O)O. The largest absolute Gasteiger partial charge is 0.480 e. The van der Waals surface area contributed by atoms with Crippen LogP contribution in [0.1, 0.15) is 24.6 Å². The van der Waals surface area contributed by atoms with Crippen molar-refractivity contribution in [1.82, 2.24) is 5.32 Å². The monoisotopic (exact) mass is 301 g/mol. The van der Waals surface area contributed by atoms with E-state index in [0.29, 0.717) is 17.2 Å². The van der Waals surface area contributed by atoms with Gasteiger partial charge in [-0.25, -0.2) is 4.79 Å². The van der Waals surface area contributed by atoms with Gasteiger partial charge in [0, 0.05) is 11.3 Å². The Balaban J connectivity index is 2.42. The van der Waals surface area contributed by atoms with Gasteiger partial charge in [0.25, 0.3) is 0 Å². The van der Waals surface area contributed by atoms with Crippen LogP contribution < -0.4 is 5.32 Å². The van der Waals surface area contributed by atoms with Crippen molar-refractivity contribution >= 4 is 34.8 Å². The molecule has 2 N–H and O–H groups in total. The molecule has 0 saturated heterocycles. The Morgan fingerprint density at radius 3 is 2.79 bits per heavy atom. The predicted molar refractivity (Wildman–Crippen MR) is 76.6 cm³/mol. The summed E-state index contributed by atoms with van der Waals surface area (Å²) in [4.78, 5) is 23.6. The average molecular weight is 302 g/mol. The zero-order chi connectivity index (χ0) is 14.3. The zero-order valence-electron chi connectivity index (χ0n) is 10.6. The number of nitrogens with one attached hydrogen (secondary N) is 1. The molecule has 0 radical (unpaired) electrons. The molecule has 0 aromatic carbocycles. The van der Waals surface area contributed by atoms with Gasteiger partial charge in [0.1, 0.15) is 6.04 Å². The third-order valence-electron chi connectivity index (χ3n) is 2.47. The summed E-state index contributed by atoms with van der Waals surface area (Å²) in [5.74, 6) is -1.29. The summed E-state index contributed by atoms with van der Waals surface area (Å²) in [6.07, 6.45) is 4.60. The Labute approximate surface area is 121 Å². The predicted octanol–water partition coefficient (Wildman–Crippen LogP) is 2.87. The number of carboxylic acids is 1. The van der Waals surface area contributed by atoms with Crippen molar-refractivity contribution in [2.24, 2.45) is 0 Å². The van der Waals surface area contributed by atoms with Gasteiger partial charge in [0.05, 0.1) is 4.34 Å². The minimum atomic E-state index is -1.02. The Hall–Kier alpha value is -1.33. The van der Waals surface area contributed by atoms with Crippen LogP contribution in [0.15, 0.2) is 24.3 Å². The molecule has 0 saturated carbocycles. The highest BCUT2D eigenvalue weighted by atomic mass is 35.5. The molecule has 19 heavy (non-hydrogen) atoms. The second-order valence-electron chi connectivity index (χ2n) is 3.97. The van der Waals surface area contributed by atoms with Crippen LogP contribution in [0, 0.1) is 0 Å². The number of rotatable bonds is 7. The molecule has 0 aliphatic carbocycles. The van der Waals surface area contributed by atoms with Crippen LogP contribution in [0.4, 0.5) is 0 Å². The number of carbonyl (C=O) groups is 2. The van der Waals surface area contributed by atoms with E-state index in [9.17, 15) is 9.59 Å². The number of carbonyl (C=O) groups excluding carboxylic acids is 1. The van der Waals surface area contributed by atoms with E-state index >= 15 is 0 Å². The smallest absolute Gasteiger partial charge is 0.326 e. The Bertz CT molecular complexity index is 470. The van der Waals surface area contributed by atoms with E-state index in [1.165, 1.54) is 11.3 Å². The van der Waals surface area contributed by atoms with Crippen molar-refractivity contribution in [2.45, 2.75) is 32.2 Å². The molecule has 0 spiro atoms. The fourth-order valence-corrected chi connectivity index (χ4v) is 2.57. The first-order valence-electron chi connectivity index (χ1n) is 5.90. The first kappa shape index (κ1) is 15.7. The summed E-state index contributed by atoms with van der Waals surface area (Å²) in [6.45, 7) is 1.81. The summed E-state index contributed by atoms with van der Waals surface area (Å²) in [5.41, 5.74) is 0. The fourth-order valence-electron chi connectivity index (χ4n) is 1.48. The molecule has 6 heteroatoms. The highest BCUT2D eigenvalue weighted by Gasteiger charge is 2.18. The van der Waals surface area contributed by atoms with Crippen molar-refractivity contribution in [1.29, 1.82) is 0 Å². The minimum Gasteiger partial charge on any atom is -0.480 e. The Morgan fingerprint density at radius 2 is 2.26 bits per heavy atom. The third kappa shape index (κ3) is 5.89. The fraction of sp³-hybridized carbons (Fsp3) is 0.385. The van der Waals surface area contributed by atoms with E-state index in [4.69, 9.17) is 16.7 Å². The first-order valence-corrected chi connectivity index (χ1v) is 7.10. The summed E-state index contributed by atoms with van der Waals surface area (Å²) >= 11 is 7.22. The van der Waals surface area contributed by atoms with Gasteiger partial charge in [-0.3, -0.25) is 4.79 Å². The van der Waals surface area contributed by atoms with Gasteiger partial charge in [-0.05, 0) is 31.9 Å². The molecule has 1 rings (SSSR count). The topological polar surface area (TPSA) is 66.4 Å². The maximum Gasteiger partial charge on any atom is 0.326 e. The van der Waals surface area contributed by atoms with E-state index in [1.54, 1.807) is 25.1 Å². The van der Waals surface area contributed by atoms with Crippen LogP contribution in [-0.4, -0.2) is 23.0 Å². The van der Waals surface area contributed by atoms with Gasteiger partial charge in [0.2, 0.25) is 5.91 Å². The van der Waals surface area contributed by atoms with Gasteiger partial charge < -0.3 is 10.4 Å². The van der Waals surface area contributed by atoms with Crippen LogP contribution in [0.3, 0.4) is 0 Å². The number of hydrogen-bond acceptors (Lipinski definition) is 3. The standard InChI is InChI=1S/C13H16ClNO3S/c1-2-3-4-10(13(17)18)15-12(16)8-6-9-5-7-11(14)19-9/h2-3,5,7,10H,4,6,8H2,1H3,(H,15,16)(H,17,18)/b3-2+. The van der Waals surface area contributed by atoms with Gasteiger partial charge in [-0.2, -0.15) is 0 Å². The van der Waals surface area contributed by atoms with E-state index in [1.807, 2.05) is 6.07 Å². The molecule has 0 aliphatic heterocycles. The molecular weight excluding hydrogens is 286 g/mol. The Morgan fingerprint density at radius 1 is 1.53 bits per heavy atom. The third-order valence-corrected chi connectivity index (χ3v) is 3.76. The quantitative estimate of drug-likeness (QED) is 0.761. The average Bonchev–Trinajstić information content (AvgIpc) is 2.77. The normalized spacial score (nSPS) is 12.5. The summed E-state index contributed by atoms with van der Waals surface area (Å²) in [6, 6.07) is 2.79. The van der Waals surface area contributed by atoms with E-state index in [-0.39, 0.29) is 12.3 Å². The molecular formula is C13H16ClNO3S. The van der Waals surface area contributed by atoms with E-state index < -0.39 is 12.0 Å². The molecule has 0 fully saturated rings. The molecule has 104 valence electrons. The van der Waals surface area contributed by atoms with Gasteiger partial charge in [0.15, 0.2) is 0 Å². The van der Waals surface area contributed by atoms with Gasteiger partial charge in [-0.15, -0.1) is 11.3 Å². The highest BCUT2D eigenvalue weighted by Crippen LogP contribution is 2.22. The second kappa shape index (κ2) is 7.96. The number of amides is 1. The van der Waals surface area contributed by atoms with E-state index in [0.717, 1.165) is 4.88 Å². The van der Waals surface area contributed by atoms with Crippen molar-refractivity contribution in [3.8, 4) is 0 Å². The summed E-state index contributed by atoms with van der Waals surface area (Å²) in [5, 5.41) is 11.5. The number of hydrogen-bond donors (Lipinski definition) is 2. The van der Waals surface area contributed by atoms with Gasteiger partial charge >= 0.3 is 5.97 Å². The maximum absolute atomic E-state index is 11.7. The number of halogens is 1. The molecule has 1 amide bonds. The van der Waals surface area contributed by atoms with Crippen LogP contribution >= 0.6 is 22.9 Å². The molecule has 1 aromatic rings. The number of aliphatic carboxylic acids is 1. The van der Waals surface area contributed by atoms with Crippen molar-refractivity contribution in [3.05, 3.63) is 33.5 Å². The number of allylic oxidation sites excluding steroid dienone is 1. The highest BCUT2D eigenvalue weighted by molar-refractivity contribution is 7.16. The second-order valence-corrected chi connectivity index (χ2v) is 5.77. The van der Waals surface area contributed by atoms with Crippen LogP contribution in [-0.2, 0) is 16.0 Å². The van der Waals surface area contributed by atoms with E-state index in [2.05, 4.69) is 5.32 Å². The molecule has 4 nitrogen and oxygen atoms in total. The number of carboxylic acid groups (broad SMARTS) is 1. The van der Waals surface area contributed by atoms with Crippen LogP contribution in [0.25, 0.3) is 0 Å². The zero-order valence-corrected chi connectivity index (χ0v) is 12.1. The molecule has 0 aliphatic rings. The molecule has 1 unspecified atom stereocenters. The van der Waals surface area contributed by atoms with Gasteiger partial charge in [-0.1, -0.05) is 23.8 Å². The lowest BCUT2D eigenvalue weighted by Crippen LogP contribution is -2.40. The van der Waals surface area contributed by atoms with Crippen LogP contribution in [0.5, 0.6) is 0 Å². The first-order chi connectivity index (χ1) is 9.02. The molecule has 1 heterocycles. The van der Waals surface area contributed by atoms with Crippen molar-refractivity contribution < 1.29 is 14.7 Å². The lowest BCUT2D eigenvalue weighted by atomic mass is 10.2. The summed E-state index contributed by atoms with van der Waals surface area (Å²) < 4.78 is 0.687. The van der Waals surface area contributed by atoms with Crippen molar-refractivity contribution in [3.63, 3.8) is 0 Å².